The molecule has 2 rings (SSSR count). The van der Waals surface area contributed by atoms with Crippen molar-refractivity contribution >= 4 is 0 Å². The van der Waals surface area contributed by atoms with Gasteiger partial charge in [0.1, 0.15) is 5.75 Å². The van der Waals surface area contributed by atoms with Crippen LogP contribution in [0.2, 0.25) is 0 Å². The Bertz CT molecular complexity index is 751. The molecule has 0 amide bonds. The zero-order valence-corrected chi connectivity index (χ0v) is 9.95. The Kier molecular flexibility index (Phi) is 1.63. The zero-order valence-electron chi connectivity index (χ0n) is 20.9. The first kappa shape index (κ1) is 5.14. The molecule has 1 fully saturated rings. The summed E-state index contributed by atoms with van der Waals surface area (Å²) >= 11 is 0. The fourth-order valence-corrected chi connectivity index (χ4v) is 1.72. The third-order valence-corrected chi connectivity index (χ3v) is 2.69. The second kappa shape index (κ2) is 5.72. The number of hydrogen-bond donors (Lipinski definition) is 2. The van der Waals surface area contributed by atoms with E-state index < -0.39 is 49.9 Å². The number of nitrogens with two attached hydrogens (primary N) is 1. The van der Waals surface area contributed by atoms with Crippen molar-refractivity contribution in [3.8, 4) is 5.75 Å². The Balaban J connectivity index is 2.93. The molecule has 0 bridgehead atoms. The van der Waals surface area contributed by atoms with E-state index in [9.17, 15) is 5.11 Å². The van der Waals surface area contributed by atoms with Gasteiger partial charge in [0, 0.05) is 27.5 Å². The molecule has 100 valence electrons. The standard InChI is InChI=1S/C15H23NO2/c1-18-13-7-5-12(6-8-13)14(11-16)15(17)9-3-2-4-10-15/h5-8,14,17H,2-4,9-11,16H2,1H3/i2D2,3D2,4D2,9D2,10D2,14D. The summed E-state index contributed by atoms with van der Waals surface area (Å²) in [5, 5.41) is 11.4. The van der Waals surface area contributed by atoms with E-state index in [0.29, 0.717) is 5.75 Å². The number of aliphatic hydroxyl groups is 1. The SMILES string of the molecule is [2H]C(CN)(c1ccc(OC)cc1)C1(O)C([2H])([2H])C([2H])([2H])C([2H])([2H])C([2H])([2H])C1([2H])[2H]. The zero-order chi connectivity index (χ0) is 22.9. The molecule has 0 aromatic heterocycles. The summed E-state index contributed by atoms with van der Waals surface area (Å²) in [5.41, 5.74) is 1.72. The lowest BCUT2D eigenvalue weighted by molar-refractivity contribution is -0.0194. The van der Waals surface area contributed by atoms with Gasteiger partial charge in [-0.2, -0.15) is 0 Å². The predicted octanol–water partition coefficient (Wildman–Crippen LogP) is 2.43. The van der Waals surface area contributed by atoms with Gasteiger partial charge in [0.05, 0.1) is 12.7 Å². The molecule has 0 aliphatic heterocycles. The van der Waals surface area contributed by atoms with Gasteiger partial charge in [-0.25, -0.2) is 0 Å². The number of hydrogen-bond acceptors (Lipinski definition) is 3. The first-order valence-electron chi connectivity index (χ1n) is 10.9. The summed E-state index contributed by atoms with van der Waals surface area (Å²) in [5.74, 6) is -2.46. The first-order valence-corrected chi connectivity index (χ1v) is 5.42. The summed E-state index contributed by atoms with van der Waals surface area (Å²) in [6, 6.07) is 5.09. The molecule has 3 N–H and O–H groups in total. The molecular weight excluding hydrogens is 226 g/mol. The van der Waals surface area contributed by atoms with Gasteiger partial charge in [-0.1, -0.05) is 31.3 Å². The van der Waals surface area contributed by atoms with E-state index >= 15 is 0 Å². The molecule has 3 nitrogen and oxygen atoms in total. The molecule has 0 saturated heterocycles. The van der Waals surface area contributed by atoms with Crippen LogP contribution in [0.3, 0.4) is 0 Å². The normalized spacial score (nSPS) is 45.2. The van der Waals surface area contributed by atoms with Crippen molar-refractivity contribution in [2.24, 2.45) is 5.73 Å². The molecule has 1 saturated carbocycles. The maximum atomic E-state index is 11.4. The Morgan fingerprint density at radius 1 is 1.39 bits per heavy atom. The van der Waals surface area contributed by atoms with Crippen molar-refractivity contribution in [1.82, 2.24) is 0 Å². The maximum Gasteiger partial charge on any atom is 0.118 e. The summed E-state index contributed by atoms with van der Waals surface area (Å²) in [6.07, 6.45) is -18.7. The molecule has 3 heteroatoms. The van der Waals surface area contributed by atoms with Crippen molar-refractivity contribution in [1.29, 1.82) is 0 Å². The molecule has 1 aliphatic rings. The van der Waals surface area contributed by atoms with Gasteiger partial charge >= 0.3 is 0 Å². The van der Waals surface area contributed by atoms with Crippen LogP contribution in [-0.4, -0.2) is 24.4 Å². The third-order valence-electron chi connectivity index (χ3n) is 2.69. The molecule has 1 unspecified atom stereocenters. The smallest absolute Gasteiger partial charge is 0.118 e. The highest BCUT2D eigenvalue weighted by molar-refractivity contribution is 5.31. The fourth-order valence-electron chi connectivity index (χ4n) is 1.72. The van der Waals surface area contributed by atoms with Crippen molar-refractivity contribution in [3.05, 3.63) is 29.8 Å². The Labute approximate surface area is 124 Å². The summed E-state index contributed by atoms with van der Waals surface area (Å²) in [4.78, 5) is 0. The second-order valence-corrected chi connectivity index (χ2v) is 3.75. The van der Waals surface area contributed by atoms with Gasteiger partial charge in [-0.15, -0.1) is 0 Å². The lowest BCUT2D eigenvalue weighted by atomic mass is 9.73. The van der Waals surface area contributed by atoms with Crippen LogP contribution < -0.4 is 10.5 Å². The van der Waals surface area contributed by atoms with Gasteiger partial charge in [0.25, 0.3) is 0 Å². The fraction of sp³-hybridized carbons (Fsp3) is 0.600. The average Bonchev–Trinajstić information content (AvgIpc) is 2.64. The van der Waals surface area contributed by atoms with Crippen LogP contribution in [0.4, 0.5) is 0 Å². The van der Waals surface area contributed by atoms with E-state index in [2.05, 4.69) is 0 Å². The van der Waals surface area contributed by atoms with E-state index in [0.717, 1.165) is 0 Å². The van der Waals surface area contributed by atoms with Crippen molar-refractivity contribution < 1.29 is 24.9 Å². The van der Waals surface area contributed by atoms with Gasteiger partial charge in [-0.3, -0.25) is 0 Å². The quantitative estimate of drug-likeness (QED) is 0.874. The van der Waals surface area contributed by atoms with Gasteiger partial charge < -0.3 is 15.6 Å². The predicted molar refractivity (Wildman–Crippen MR) is 72.8 cm³/mol. The minimum atomic E-state index is -3.76. The summed E-state index contributed by atoms with van der Waals surface area (Å²) in [7, 11) is 1.36. The highest BCUT2D eigenvalue weighted by Crippen LogP contribution is 2.39. The first-order chi connectivity index (χ1) is 12.8. The number of benzene rings is 1. The molecule has 0 spiro atoms. The summed E-state index contributed by atoms with van der Waals surface area (Å²) in [6.45, 7) is -0.913. The summed E-state index contributed by atoms with van der Waals surface area (Å²) < 4.78 is 94.5. The number of methoxy groups -OCH3 is 1. The molecular formula is C15H23NO2. The van der Waals surface area contributed by atoms with Crippen LogP contribution >= 0.6 is 0 Å². The monoisotopic (exact) mass is 260 g/mol. The minimum Gasteiger partial charge on any atom is -0.497 e. The lowest BCUT2D eigenvalue weighted by Crippen LogP contribution is -2.41. The average molecular weight is 260 g/mol. The Morgan fingerprint density at radius 3 is 2.50 bits per heavy atom. The van der Waals surface area contributed by atoms with E-state index in [1.165, 1.54) is 31.4 Å². The Morgan fingerprint density at radius 2 is 2.00 bits per heavy atom. The molecule has 0 heterocycles. The van der Waals surface area contributed by atoms with Gasteiger partial charge in [-0.05, 0) is 30.4 Å². The van der Waals surface area contributed by atoms with E-state index in [1.807, 2.05) is 0 Å². The third kappa shape index (κ3) is 2.68. The highest BCUT2D eigenvalue weighted by Gasteiger charge is 2.37. The van der Waals surface area contributed by atoms with E-state index in [1.54, 1.807) is 0 Å². The van der Waals surface area contributed by atoms with Gasteiger partial charge in [0.2, 0.25) is 0 Å². The van der Waals surface area contributed by atoms with Crippen molar-refractivity contribution in [2.75, 3.05) is 13.7 Å². The molecule has 1 atom stereocenters. The topological polar surface area (TPSA) is 55.5 Å². The lowest BCUT2D eigenvalue weighted by Gasteiger charge is -2.39. The van der Waals surface area contributed by atoms with Gasteiger partial charge in [0.15, 0.2) is 0 Å². The minimum absolute atomic E-state index is 0.217. The molecule has 0 radical (unpaired) electrons. The van der Waals surface area contributed by atoms with Crippen molar-refractivity contribution in [3.63, 3.8) is 0 Å². The molecule has 1 aromatic rings. The number of rotatable bonds is 4. The Hall–Kier alpha value is -1.06. The highest BCUT2D eigenvalue weighted by atomic mass is 16.5. The van der Waals surface area contributed by atoms with Crippen LogP contribution in [0.15, 0.2) is 24.3 Å². The largest absolute Gasteiger partial charge is 0.497 e. The second-order valence-electron chi connectivity index (χ2n) is 3.75. The number of ether oxygens (including phenoxy) is 1. The maximum absolute atomic E-state index is 11.4. The van der Waals surface area contributed by atoms with E-state index in [4.69, 9.17) is 25.5 Å². The van der Waals surface area contributed by atoms with Crippen LogP contribution in [0, 0.1) is 0 Å². The van der Waals surface area contributed by atoms with Crippen LogP contribution in [0.25, 0.3) is 0 Å². The molecule has 1 aliphatic carbocycles. The van der Waals surface area contributed by atoms with Crippen LogP contribution in [-0.2, 0) is 0 Å². The van der Waals surface area contributed by atoms with Crippen molar-refractivity contribution in [2.45, 2.75) is 43.4 Å². The van der Waals surface area contributed by atoms with E-state index in [-0.39, 0.29) is 5.56 Å². The molecule has 18 heavy (non-hydrogen) atoms. The van der Waals surface area contributed by atoms with Crippen LogP contribution in [0.5, 0.6) is 5.75 Å². The van der Waals surface area contributed by atoms with Crippen LogP contribution in [0.1, 0.15) is 58.4 Å². The molecule has 1 aromatic carbocycles.